The number of ketones is 1. The number of aromatic nitrogens is 1. The van der Waals surface area contributed by atoms with Crippen molar-refractivity contribution in [3.63, 3.8) is 0 Å². The van der Waals surface area contributed by atoms with Gasteiger partial charge in [-0.15, -0.1) is 0 Å². The van der Waals surface area contributed by atoms with Crippen molar-refractivity contribution in [2.75, 3.05) is 6.54 Å². The van der Waals surface area contributed by atoms with Crippen LogP contribution >= 0.6 is 11.6 Å². The Labute approximate surface area is 270 Å². The predicted molar refractivity (Wildman–Crippen MR) is 176 cm³/mol. The van der Waals surface area contributed by atoms with Gasteiger partial charge in [0.15, 0.2) is 5.78 Å². The summed E-state index contributed by atoms with van der Waals surface area (Å²) in [5.41, 5.74) is 3.54. The first-order valence-corrected chi connectivity index (χ1v) is 18.1. The Hall–Kier alpha value is -3.08. The monoisotopic (exact) mass is 659 g/mol. The van der Waals surface area contributed by atoms with Gasteiger partial charge in [-0.1, -0.05) is 77.4 Å². The van der Waals surface area contributed by atoms with Crippen LogP contribution in [0.1, 0.15) is 76.4 Å². The lowest BCUT2D eigenvalue weighted by Gasteiger charge is -2.42. The van der Waals surface area contributed by atoms with Crippen molar-refractivity contribution >= 4 is 48.4 Å². The fourth-order valence-electron chi connectivity index (χ4n) is 7.08. The summed E-state index contributed by atoms with van der Waals surface area (Å²) in [6.45, 7) is 14.7. The predicted octanol–water partition coefficient (Wildman–Crippen LogP) is 7.58. The Balaban J connectivity index is 1.56. The smallest absolute Gasteiger partial charge is 0.243 e. The van der Waals surface area contributed by atoms with Crippen molar-refractivity contribution in [2.45, 2.75) is 103 Å². The van der Waals surface area contributed by atoms with E-state index in [0.717, 1.165) is 5.56 Å². The number of nitrogens with one attached hydrogen (secondary N) is 1. The van der Waals surface area contributed by atoms with Crippen LogP contribution in [0.15, 0.2) is 42.6 Å². The highest BCUT2D eigenvalue weighted by Crippen LogP contribution is 2.43. The van der Waals surface area contributed by atoms with Crippen LogP contribution in [0, 0.1) is 5.82 Å². The summed E-state index contributed by atoms with van der Waals surface area (Å²) in [4.78, 5) is 40.5. The van der Waals surface area contributed by atoms with Gasteiger partial charge in [0.2, 0.25) is 20.1 Å². The molecule has 0 bridgehead atoms. The summed E-state index contributed by atoms with van der Waals surface area (Å²) in [7, 11) is -2.13. The van der Waals surface area contributed by atoms with Crippen molar-refractivity contribution in [1.82, 2.24) is 14.8 Å². The highest BCUT2D eigenvalue weighted by atomic mass is 35.5. The number of fused-ring (bicyclic) bond motifs is 1. The van der Waals surface area contributed by atoms with Crippen molar-refractivity contribution < 1.29 is 27.6 Å². The van der Waals surface area contributed by atoms with E-state index in [9.17, 15) is 23.2 Å². The first kappa shape index (κ1) is 34.8. The lowest BCUT2D eigenvalue weighted by Crippen LogP contribution is -2.47. The summed E-state index contributed by atoms with van der Waals surface area (Å²) < 4.78 is 37.4. The maximum absolute atomic E-state index is 14.6. The van der Waals surface area contributed by atoms with Crippen molar-refractivity contribution in [2.24, 2.45) is 0 Å². The molecule has 0 unspecified atom stereocenters. The lowest BCUT2D eigenvalue weighted by molar-refractivity contribution is -0.139. The molecule has 0 aliphatic carbocycles. The third-order valence-electron chi connectivity index (χ3n) is 9.19. The Bertz CT molecular complexity index is 1550. The van der Waals surface area contributed by atoms with E-state index in [-0.39, 0.29) is 42.4 Å². The number of amides is 2. The van der Waals surface area contributed by atoms with E-state index in [1.165, 1.54) is 24.0 Å². The number of Topliss-reactive ketones (excluding diaryl/α,β-unsaturated/α-hetero) is 1. The molecule has 0 radical (unpaired) electrons. The number of benzene rings is 2. The molecule has 45 heavy (non-hydrogen) atoms. The zero-order valence-electron chi connectivity index (χ0n) is 27.1. The van der Waals surface area contributed by atoms with Crippen LogP contribution in [-0.2, 0) is 33.7 Å². The minimum atomic E-state index is -2.13. The number of alkyl halides is 1. The van der Waals surface area contributed by atoms with E-state index < -0.39 is 38.2 Å². The summed E-state index contributed by atoms with van der Waals surface area (Å²) in [6.07, 6.45) is 0.109. The first-order chi connectivity index (χ1) is 21.2. The summed E-state index contributed by atoms with van der Waals surface area (Å²) in [6, 6.07) is 9.21. The lowest BCUT2D eigenvalue weighted by atomic mass is 10.1. The summed E-state index contributed by atoms with van der Waals surface area (Å²) in [5, 5.41) is 3.27. The van der Waals surface area contributed by atoms with Gasteiger partial charge in [-0.2, -0.15) is 0 Å². The molecule has 7 nitrogen and oxygen atoms in total. The van der Waals surface area contributed by atoms with Crippen LogP contribution in [0.3, 0.4) is 0 Å². The first-order valence-electron chi connectivity index (χ1n) is 15.6. The topological polar surface area (TPSA) is 80.6 Å². The molecule has 2 heterocycles. The fourth-order valence-corrected chi connectivity index (χ4v) is 12.7. The number of rotatable bonds is 12. The van der Waals surface area contributed by atoms with Gasteiger partial charge >= 0.3 is 0 Å². The van der Waals surface area contributed by atoms with Gasteiger partial charge < -0.3 is 19.2 Å². The zero-order chi connectivity index (χ0) is 33.2. The minimum Gasteiger partial charge on any atom is -0.412 e. The number of halogens is 3. The Morgan fingerprint density at radius 3 is 2.36 bits per heavy atom. The molecule has 11 heteroatoms. The second-order valence-electron chi connectivity index (χ2n) is 13.0. The van der Waals surface area contributed by atoms with E-state index in [1.54, 1.807) is 16.8 Å². The van der Waals surface area contributed by atoms with Gasteiger partial charge in [0, 0.05) is 41.2 Å². The molecule has 4 rings (SSSR count). The van der Waals surface area contributed by atoms with Crippen molar-refractivity contribution in [1.29, 1.82) is 0 Å². The van der Waals surface area contributed by atoms with Crippen molar-refractivity contribution in [3.05, 3.63) is 70.1 Å². The molecule has 2 amide bonds. The normalized spacial score (nSPS) is 17.2. The molecule has 3 aromatic rings. The quantitative estimate of drug-likeness (QED) is 0.161. The van der Waals surface area contributed by atoms with Crippen LogP contribution in [-0.4, -0.2) is 54.1 Å². The minimum absolute atomic E-state index is 0.0667. The Morgan fingerprint density at radius 1 is 1.07 bits per heavy atom. The molecular formula is C34H44ClF2N3O4Si. The number of carbonyl (C=O) groups excluding carboxylic acids is 3. The molecule has 1 saturated heterocycles. The van der Waals surface area contributed by atoms with E-state index >= 15 is 0 Å². The molecule has 244 valence electrons. The molecular weight excluding hydrogens is 616 g/mol. The van der Waals surface area contributed by atoms with Gasteiger partial charge in [0.25, 0.3) is 0 Å². The van der Waals surface area contributed by atoms with Gasteiger partial charge in [-0.25, -0.2) is 8.78 Å². The highest BCUT2D eigenvalue weighted by Gasteiger charge is 2.45. The third-order valence-corrected chi connectivity index (χ3v) is 15.5. The number of likely N-dealkylation sites (tertiary alicyclic amines) is 1. The number of hydrogen-bond acceptors (Lipinski definition) is 4. The SMILES string of the molecule is CC(=O)c1cn(CC(=O)N2C[C@H](F)C[C@H]2C(=O)NCc2cccc(Cl)c2F)c2cc(CO[Si](C(C)C)(C(C)C)C(C)C)ccc12. The van der Waals surface area contributed by atoms with E-state index in [2.05, 4.69) is 46.9 Å². The number of hydrogen-bond donors (Lipinski definition) is 1. The summed E-state index contributed by atoms with van der Waals surface area (Å²) >= 11 is 5.85. The van der Waals surface area contributed by atoms with Gasteiger partial charge in [-0.05, 0) is 41.2 Å². The van der Waals surface area contributed by atoms with E-state index in [1.807, 2.05) is 18.2 Å². The summed E-state index contributed by atoms with van der Waals surface area (Å²) in [5.74, 6) is -1.81. The largest absolute Gasteiger partial charge is 0.412 e. The fraction of sp³-hybridized carbons (Fsp3) is 0.500. The molecule has 1 aromatic heterocycles. The van der Waals surface area contributed by atoms with E-state index in [0.29, 0.717) is 39.7 Å². The average Bonchev–Trinajstić information content (AvgIpc) is 3.54. The van der Waals surface area contributed by atoms with Crippen molar-refractivity contribution in [3.8, 4) is 0 Å². The number of carbonyl (C=O) groups is 3. The van der Waals surface area contributed by atoms with Crippen LogP contribution < -0.4 is 5.32 Å². The molecule has 0 spiro atoms. The standard InChI is InChI=1S/C34H44ClF2N3O4Si/c1-20(2)45(21(3)4,22(5)6)44-19-24-11-12-27-28(23(7)41)17-39(30(27)13-24)18-32(42)40-16-26(36)14-31(40)34(43)38-15-25-9-8-10-29(35)33(25)37/h8-13,17,20-22,26,31H,14-16,18-19H2,1-7H3,(H,38,43)/t26-,31+/m1/s1. The molecule has 0 saturated carbocycles. The molecule has 2 atom stereocenters. The van der Waals surface area contributed by atoms with Crippen LogP contribution in [0.25, 0.3) is 10.9 Å². The van der Waals surface area contributed by atoms with Crippen LogP contribution in [0.4, 0.5) is 8.78 Å². The molecule has 1 N–H and O–H groups in total. The molecule has 1 aliphatic rings. The maximum atomic E-state index is 14.6. The Kier molecular flexibility index (Phi) is 10.9. The maximum Gasteiger partial charge on any atom is 0.243 e. The van der Waals surface area contributed by atoms with Gasteiger partial charge in [-0.3, -0.25) is 14.4 Å². The van der Waals surface area contributed by atoms with Crippen LogP contribution in [0.5, 0.6) is 0 Å². The molecule has 2 aromatic carbocycles. The average molecular weight is 660 g/mol. The highest BCUT2D eigenvalue weighted by molar-refractivity contribution is 6.77. The second-order valence-corrected chi connectivity index (χ2v) is 18.9. The van der Waals surface area contributed by atoms with E-state index in [4.69, 9.17) is 16.0 Å². The van der Waals surface area contributed by atoms with Gasteiger partial charge in [0.1, 0.15) is 24.6 Å². The molecule has 1 fully saturated rings. The van der Waals surface area contributed by atoms with Gasteiger partial charge in [0.05, 0.1) is 18.2 Å². The Morgan fingerprint density at radius 2 is 1.73 bits per heavy atom. The third kappa shape index (κ3) is 7.18. The molecule has 1 aliphatic heterocycles. The zero-order valence-corrected chi connectivity index (χ0v) is 28.9. The second kappa shape index (κ2) is 14.1. The number of nitrogens with zero attached hydrogens (tertiary/aromatic N) is 2. The van der Waals surface area contributed by atoms with Crippen LogP contribution in [0.2, 0.25) is 21.6 Å².